The number of aliphatic hydroxyl groups is 1. The number of hydrogen-bond acceptors (Lipinski definition) is 6. The number of ketones is 1. The molecule has 3 aromatic rings. The second kappa shape index (κ2) is 7.63. The number of hydrogen-bond donors (Lipinski definition) is 1. The van der Waals surface area contributed by atoms with Crippen LogP contribution in [0.2, 0.25) is 0 Å². The number of fused-ring (bicyclic) bond motifs is 5. The van der Waals surface area contributed by atoms with Crippen molar-refractivity contribution in [2.24, 2.45) is 0 Å². The molecule has 0 saturated heterocycles. The SMILES string of the molecule is CCc1c2c(nc3cccc(CCC(C)=O)c13)-c1cc3c(c(=O)n1C2)COC(=O)[C@]3(O)CC. The smallest absolute Gasteiger partial charge is 0.343 e. The first kappa shape index (κ1) is 21.5. The van der Waals surface area contributed by atoms with E-state index in [0.29, 0.717) is 41.9 Å². The third-order valence-electron chi connectivity index (χ3n) is 7.01. The molecule has 0 bridgehead atoms. The number of pyridine rings is 2. The molecule has 0 aliphatic carbocycles. The maximum atomic E-state index is 13.4. The summed E-state index contributed by atoms with van der Waals surface area (Å²) < 4.78 is 6.82. The van der Waals surface area contributed by atoms with Gasteiger partial charge in [0.1, 0.15) is 12.4 Å². The first-order valence-corrected chi connectivity index (χ1v) is 11.4. The third kappa shape index (κ3) is 3.06. The van der Waals surface area contributed by atoms with Gasteiger partial charge in [-0.05, 0) is 49.4 Å². The Labute approximate surface area is 191 Å². The minimum Gasteiger partial charge on any atom is -0.458 e. The summed E-state index contributed by atoms with van der Waals surface area (Å²) in [6.45, 7) is 5.60. The fraction of sp³-hybridized carbons (Fsp3) is 0.385. The summed E-state index contributed by atoms with van der Waals surface area (Å²) >= 11 is 0. The summed E-state index contributed by atoms with van der Waals surface area (Å²) in [5.41, 5.74) is 3.85. The highest BCUT2D eigenvalue weighted by atomic mass is 16.6. The quantitative estimate of drug-likeness (QED) is 0.473. The van der Waals surface area contributed by atoms with Crippen LogP contribution in [0.3, 0.4) is 0 Å². The Balaban J connectivity index is 1.76. The minimum atomic E-state index is -1.84. The van der Waals surface area contributed by atoms with Gasteiger partial charge in [-0.15, -0.1) is 0 Å². The average molecular weight is 447 g/mol. The molecule has 4 heterocycles. The molecule has 0 unspecified atom stereocenters. The van der Waals surface area contributed by atoms with Gasteiger partial charge in [-0.1, -0.05) is 26.0 Å². The highest BCUT2D eigenvalue weighted by Crippen LogP contribution is 2.40. The third-order valence-corrected chi connectivity index (χ3v) is 7.01. The summed E-state index contributed by atoms with van der Waals surface area (Å²) in [5.74, 6) is -0.584. The lowest BCUT2D eigenvalue weighted by atomic mass is 9.86. The molecular formula is C26H26N2O5. The van der Waals surface area contributed by atoms with Gasteiger partial charge in [0.05, 0.1) is 29.0 Å². The maximum absolute atomic E-state index is 13.4. The molecule has 1 N–H and O–H groups in total. The van der Waals surface area contributed by atoms with Gasteiger partial charge >= 0.3 is 5.97 Å². The molecule has 5 rings (SSSR count). The van der Waals surface area contributed by atoms with Crippen LogP contribution in [0, 0.1) is 0 Å². The van der Waals surface area contributed by atoms with Gasteiger partial charge in [-0.3, -0.25) is 4.79 Å². The fourth-order valence-corrected chi connectivity index (χ4v) is 5.21. The predicted octanol–water partition coefficient (Wildman–Crippen LogP) is 3.16. The topological polar surface area (TPSA) is 98.5 Å². The number of carbonyl (C=O) groups excluding carboxylic acids is 2. The number of benzene rings is 1. The summed E-state index contributed by atoms with van der Waals surface area (Å²) in [6, 6.07) is 7.67. The Morgan fingerprint density at radius 1 is 1.24 bits per heavy atom. The number of rotatable bonds is 5. The van der Waals surface area contributed by atoms with E-state index in [2.05, 4.69) is 6.92 Å². The summed E-state index contributed by atoms with van der Waals surface area (Å²) in [5, 5.41) is 12.1. The van der Waals surface area contributed by atoms with Crippen LogP contribution >= 0.6 is 0 Å². The first-order valence-electron chi connectivity index (χ1n) is 11.4. The molecule has 7 nitrogen and oxygen atoms in total. The Hall–Kier alpha value is -3.32. The van der Waals surface area contributed by atoms with E-state index in [-0.39, 0.29) is 24.4 Å². The van der Waals surface area contributed by atoms with E-state index in [0.717, 1.165) is 34.0 Å². The molecule has 1 atom stereocenters. The fourth-order valence-electron chi connectivity index (χ4n) is 5.21. The Bertz CT molecular complexity index is 1400. The summed E-state index contributed by atoms with van der Waals surface area (Å²) in [7, 11) is 0. The van der Waals surface area contributed by atoms with Crippen molar-refractivity contribution in [1.29, 1.82) is 0 Å². The lowest BCUT2D eigenvalue weighted by Gasteiger charge is -2.31. The Morgan fingerprint density at radius 2 is 2.03 bits per heavy atom. The molecule has 0 saturated carbocycles. The van der Waals surface area contributed by atoms with Crippen molar-refractivity contribution < 1.29 is 19.4 Å². The van der Waals surface area contributed by atoms with E-state index in [4.69, 9.17) is 9.72 Å². The van der Waals surface area contributed by atoms with Crippen LogP contribution in [0.1, 0.15) is 61.4 Å². The second-order valence-corrected chi connectivity index (χ2v) is 8.89. The molecule has 7 heteroatoms. The molecule has 0 radical (unpaired) electrons. The number of carbonyl (C=O) groups is 2. The highest BCUT2D eigenvalue weighted by molar-refractivity contribution is 5.91. The number of nitrogens with zero attached hydrogens (tertiary/aromatic N) is 2. The van der Waals surface area contributed by atoms with Crippen molar-refractivity contribution in [1.82, 2.24) is 9.55 Å². The van der Waals surface area contributed by atoms with Crippen molar-refractivity contribution in [3.63, 3.8) is 0 Å². The van der Waals surface area contributed by atoms with Gasteiger partial charge < -0.3 is 19.2 Å². The average Bonchev–Trinajstić information content (AvgIpc) is 3.17. The zero-order valence-corrected chi connectivity index (χ0v) is 19.0. The van der Waals surface area contributed by atoms with Gasteiger partial charge in [0, 0.05) is 22.9 Å². The van der Waals surface area contributed by atoms with Gasteiger partial charge in [0.2, 0.25) is 0 Å². The number of cyclic esters (lactones) is 1. The molecule has 0 amide bonds. The number of esters is 1. The largest absolute Gasteiger partial charge is 0.458 e. The van der Waals surface area contributed by atoms with Crippen molar-refractivity contribution in [2.75, 3.05) is 0 Å². The lowest BCUT2D eigenvalue weighted by molar-refractivity contribution is -0.172. The van der Waals surface area contributed by atoms with E-state index in [9.17, 15) is 19.5 Å². The lowest BCUT2D eigenvalue weighted by Crippen LogP contribution is -2.44. The van der Waals surface area contributed by atoms with Gasteiger partial charge in [-0.25, -0.2) is 9.78 Å². The normalized spacial score (nSPS) is 18.6. The Kier molecular flexibility index (Phi) is 4.97. The van der Waals surface area contributed by atoms with E-state index in [1.807, 2.05) is 18.2 Å². The minimum absolute atomic E-state index is 0.111. The Morgan fingerprint density at radius 3 is 2.73 bits per heavy atom. The molecule has 0 spiro atoms. The van der Waals surface area contributed by atoms with Crippen molar-refractivity contribution in [2.45, 2.75) is 65.2 Å². The molecule has 170 valence electrons. The molecule has 33 heavy (non-hydrogen) atoms. The maximum Gasteiger partial charge on any atom is 0.343 e. The van der Waals surface area contributed by atoms with Crippen LogP contribution in [-0.4, -0.2) is 26.4 Å². The van der Waals surface area contributed by atoms with Crippen LogP contribution in [-0.2, 0) is 45.9 Å². The van der Waals surface area contributed by atoms with Gasteiger partial charge in [-0.2, -0.15) is 0 Å². The van der Waals surface area contributed by atoms with Gasteiger partial charge in [0.25, 0.3) is 5.56 Å². The van der Waals surface area contributed by atoms with Crippen molar-refractivity contribution in [3.05, 3.63) is 62.4 Å². The zero-order valence-electron chi connectivity index (χ0n) is 19.0. The zero-order chi connectivity index (χ0) is 23.5. The second-order valence-electron chi connectivity index (χ2n) is 8.89. The van der Waals surface area contributed by atoms with E-state index in [1.54, 1.807) is 24.5 Å². The highest BCUT2D eigenvalue weighted by Gasteiger charge is 2.45. The van der Waals surface area contributed by atoms with E-state index in [1.165, 1.54) is 0 Å². The monoisotopic (exact) mass is 446 g/mol. The van der Waals surface area contributed by atoms with Crippen molar-refractivity contribution >= 4 is 22.7 Å². The first-order chi connectivity index (χ1) is 15.8. The summed E-state index contributed by atoms with van der Waals surface area (Å²) in [6.07, 6.45) is 1.97. The number of aromatic nitrogens is 2. The predicted molar refractivity (Wildman–Crippen MR) is 123 cm³/mol. The van der Waals surface area contributed by atoms with Crippen LogP contribution in [0.4, 0.5) is 0 Å². The standard InChI is InChI=1S/C26H26N2O5/c1-4-16-17-12-28-21(11-19-18(24(28)30)13-33-25(31)26(19,32)5-2)23(17)27-20-8-6-7-15(22(16)20)10-9-14(3)29/h6-8,11,32H,4-5,9-10,12-13H2,1-3H3/t26-/m0/s1. The molecule has 1 aromatic carbocycles. The molecule has 2 aliphatic rings. The molecule has 0 fully saturated rings. The molecule has 2 aliphatic heterocycles. The number of Topliss-reactive ketones (excluding diaryl/α,β-unsaturated/α-hetero) is 1. The van der Waals surface area contributed by atoms with Crippen molar-refractivity contribution in [3.8, 4) is 11.4 Å². The van der Waals surface area contributed by atoms with Crippen LogP contribution in [0.5, 0.6) is 0 Å². The van der Waals surface area contributed by atoms with Gasteiger partial charge in [0.15, 0.2) is 5.60 Å². The van der Waals surface area contributed by atoms with E-state index >= 15 is 0 Å². The molecule has 2 aromatic heterocycles. The van der Waals surface area contributed by atoms with Crippen LogP contribution in [0.25, 0.3) is 22.3 Å². The number of aryl methyl sites for hydroxylation is 2. The summed E-state index contributed by atoms with van der Waals surface area (Å²) in [4.78, 5) is 42.3. The molecular weight excluding hydrogens is 420 g/mol. The van der Waals surface area contributed by atoms with E-state index < -0.39 is 11.6 Å². The van der Waals surface area contributed by atoms with Crippen LogP contribution in [0.15, 0.2) is 29.1 Å². The van der Waals surface area contributed by atoms with Crippen LogP contribution < -0.4 is 5.56 Å². The number of ether oxygens (including phenoxy) is 1.